The standard InChI is InChI=1S/C49H39N3O5S2/c1-2-57-49(56)43-41(36-18-9-4-10-19-36)32-58-48(43)52-47(55)44(37-20-11-5-12-21-37)59-40-25-15-24-39(31-40)50-46(54)42(51-45(53)38-22-13-6-14-23-38)30-33-26-28-35(29-27-33)34-16-7-3-8-17-34/h3-32,44H,2H2,1H3,(H,50,54)(H,51,53)(H,52,55)/b42-30+. The SMILES string of the molecule is CCOC(=O)c1c(-c2ccccc2)csc1NC(=O)C(Sc1cccc(NC(=O)/C(=C\c2ccc(-c3ccccc3)cc2)NC(=O)c2ccccc2)c1)c1ccccc1. The van der Waals surface area contributed by atoms with Gasteiger partial charge in [-0.25, -0.2) is 4.79 Å². The Balaban J connectivity index is 1.14. The smallest absolute Gasteiger partial charge is 0.341 e. The van der Waals surface area contributed by atoms with Crippen molar-refractivity contribution in [1.82, 2.24) is 5.32 Å². The van der Waals surface area contributed by atoms with Gasteiger partial charge < -0.3 is 20.7 Å². The molecule has 1 aromatic heterocycles. The molecule has 0 bridgehead atoms. The molecule has 6 aromatic carbocycles. The molecule has 59 heavy (non-hydrogen) atoms. The summed E-state index contributed by atoms with van der Waals surface area (Å²) >= 11 is 2.56. The Morgan fingerprint density at radius 1 is 0.678 bits per heavy atom. The van der Waals surface area contributed by atoms with Gasteiger partial charge in [0.05, 0.1) is 6.61 Å². The number of thiophene rings is 1. The number of esters is 1. The zero-order valence-electron chi connectivity index (χ0n) is 32.0. The van der Waals surface area contributed by atoms with Gasteiger partial charge in [-0.3, -0.25) is 14.4 Å². The van der Waals surface area contributed by atoms with Crippen LogP contribution < -0.4 is 16.0 Å². The maximum absolute atomic E-state index is 14.2. The molecule has 0 fully saturated rings. The Morgan fingerprint density at radius 3 is 1.95 bits per heavy atom. The van der Waals surface area contributed by atoms with Crippen LogP contribution in [0.3, 0.4) is 0 Å². The second-order valence-electron chi connectivity index (χ2n) is 13.2. The highest BCUT2D eigenvalue weighted by atomic mass is 32.2. The first kappa shape index (κ1) is 40.2. The average Bonchev–Trinajstić information content (AvgIpc) is 3.70. The van der Waals surface area contributed by atoms with E-state index in [-0.39, 0.29) is 18.2 Å². The predicted molar refractivity (Wildman–Crippen MR) is 238 cm³/mol. The minimum Gasteiger partial charge on any atom is -0.462 e. The van der Waals surface area contributed by atoms with Crippen molar-refractivity contribution in [3.63, 3.8) is 0 Å². The summed E-state index contributed by atoms with van der Waals surface area (Å²) in [4.78, 5) is 55.5. The lowest BCUT2D eigenvalue weighted by Crippen LogP contribution is -2.30. The lowest BCUT2D eigenvalue weighted by Gasteiger charge is -2.18. The van der Waals surface area contributed by atoms with Crippen LogP contribution in [-0.2, 0) is 14.3 Å². The minimum absolute atomic E-state index is 0.0501. The van der Waals surface area contributed by atoms with Gasteiger partial charge in [0.15, 0.2) is 0 Å². The Kier molecular flexibility index (Phi) is 13.2. The van der Waals surface area contributed by atoms with Crippen molar-refractivity contribution in [2.24, 2.45) is 0 Å². The monoisotopic (exact) mass is 813 g/mol. The number of carbonyl (C=O) groups is 4. The largest absolute Gasteiger partial charge is 0.462 e. The summed E-state index contributed by atoms with van der Waals surface area (Å²) in [6, 6.07) is 52.4. The van der Waals surface area contributed by atoms with Crippen molar-refractivity contribution in [3.05, 3.63) is 203 Å². The molecule has 10 heteroatoms. The van der Waals surface area contributed by atoms with Gasteiger partial charge >= 0.3 is 5.97 Å². The maximum atomic E-state index is 14.2. The number of hydrogen-bond donors (Lipinski definition) is 3. The highest BCUT2D eigenvalue weighted by Gasteiger charge is 2.28. The molecule has 0 saturated carbocycles. The summed E-state index contributed by atoms with van der Waals surface area (Å²) in [5.74, 6) is -1.82. The Bertz CT molecular complexity index is 2580. The van der Waals surface area contributed by atoms with E-state index in [9.17, 15) is 19.2 Å². The summed E-state index contributed by atoms with van der Waals surface area (Å²) in [5.41, 5.74) is 6.27. The molecule has 8 nitrogen and oxygen atoms in total. The molecule has 0 aliphatic rings. The average molecular weight is 814 g/mol. The van der Waals surface area contributed by atoms with Gasteiger partial charge in [0.25, 0.3) is 11.8 Å². The maximum Gasteiger partial charge on any atom is 0.341 e. The number of hydrogen-bond acceptors (Lipinski definition) is 7. The first-order chi connectivity index (χ1) is 28.9. The normalized spacial score (nSPS) is 11.6. The molecule has 3 N–H and O–H groups in total. The van der Waals surface area contributed by atoms with Crippen molar-refractivity contribution in [3.8, 4) is 22.3 Å². The summed E-state index contributed by atoms with van der Waals surface area (Å²) in [7, 11) is 0. The van der Waals surface area contributed by atoms with E-state index in [1.807, 2.05) is 133 Å². The Hall–Kier alpha value is -7.01. The Labute approximate surface area is 351 Å². The number of carbonyl (C=O) groups excluding carboxylic acids is 4. The zero-order chi connectivity index (χ0) is 41.0. The van der Waals surface area contributed by atoms with Crippen LogP contribution in [0.5, 0.6) is 0 Å². The van der Waals surface area contributed by atoms with Gasteiger partial charge in [-0.15, -0.1) is 23.1 Å². The Morgan fingerprint density at radius 2 is 1.29 bits per heavy atom. The predicted octanol–water partition coefficient (Wildman–Crippen LogP) is 11.1. The van der Waals surface area contributed by atoms with Crippen LogP contribution >= 0.6 is 23.1 Å². The van der Waals surface area contributed by atoms with Crippen LogP contribution in [-0.4, -0.2) is 30.3 Å². The van der Waals surface area contributed by atoms with Gasteiger partial charge in [0.1, 0.15) is 21.5 Å². The van der Waals surface area contributed by atoms with E-state index >= 15 is 0 Å². The highest BCUT2D eigenvalue weighted by Crippen LogP contribution is 2.40. The van der Waals surface area contributed by atoms with Gasteiger partial charge in [-0.1, -0.05) is 140 Å². The number of ether oxygens (including phenoxy) is 1. The van der Waals surface area contributed by atoms with Crippen LogP contribution in [0, 0.1) is 0 Å². The minimum atomic E-state index is -0.737. The third-order valence-electron chi connectivity index (χ3n) is 9.14. The number of thioether (sulfide) groups is 1. The van der Waals surface area contributed by atoms with E-state index in [0.717, 1.165) is 27.8 Å². The number of rotatable bonds is 14. The molecular weight excluding hydrogens is 775 g/mol. The zero-order valence-corrected chi connectivity index (χ0v) is 33.6. The van der Waals surface area contributed by atoms with Gasteiger partial charge in [-0.05, 0) is 71.1 Å². The number of benzene rings is 6. The highest BCUT2D eigenvalue weighted by molar-refractivity contribution is 8.00. The van der Waals surface area contributed by atoms with E-state index in [0.29, 0.717) is 32.3 Å². The molecule has 292 valence electrons. The molecule has 0 aliphatic carbocycles. The lowest BCUT2D eigenvalue weighted by molar-refractivity contribution is -0.116. The summed E-state index contributed by atoms with van der Waals surface area (Å²) < 4.78 is 5.42. The van der Waals surface area contributed by atoms with Crippen LogP contribution in [0.15, 0.2) is 186 Å². The molecule has 1 atom stereocenters. The molecule has 0 saturated heterocycles. The molecule has 0 spiro atoms. The van der Waals surface area contributed by atoms with Crippen LogP contribution in [0.25, 0.3) is 28.3 Å². The molecule has 7 rings (SSSR count). The fourth-order valence-corrected chi connectivity index (χ4v) is 8.30. The second-order valence-corrected chi connectivity index (χ2v) is 15.2. The first-order valence-corrected chi connectivity index (χ1v) is 20.6. The molecule has 1 heterocycles. The van der Waals surface area contributed by atoms with Crippen LogP contribution in [0.1, 0.15) is 44.0 Å². The molecule has 0 radical (unpaired) electrons. The van der Waals surface area contributed by atoms with E-state index < -0.39 is 23.0 Å². The topological polar surface area (TPSA) is 114 Å². The third kappa shape index (κ3) is 10.3. The first-order valence-electron chi connectivity index (χ1n) is 18.9. The molecule has 3 amide bonds. The molecule has 1 unspecified atom stereocenters. The molecule has 7 aromatic rings. The number of amides is 3. The lowest BCUT2D eigenvalue weighted by atomic mass is 10.0. The fraction of sp³-hybridized carbons (Fsp3) is 0.0612. The van der Waals surface area contributed by atoms with Crippen LogP contribution in [0.4, 0.5) is 10.7 Å². The summed E-state index contributed by atoms with van der Waals surface area (Å²) in [5, 5.41) is 10.3. The van der Waals surface area contributed by atoms with Gasteiger partial charge in [-0.2, -0.15) is 0 Å². The van der Waals surface area contributed by atoms with E-state index in [4.69, 9.17) is 4.74 Å². The third-order valence-corrected chi connectivity index (χ3v) is 11.3. The van der Waals surface area contributed by atoms with Crippen molar-refractivity contribution < 1.29 is 23.9 Å². The van der Waals surface area contributed by atoms with Crippen molar-refractivity contribution in [1.29, 1.82) is 0 Å². The van der Waals surface area contributed by atoms with Gasteiger partial charge in [0, 0.05) is 27.1 Å². The molecular formula is C49H39N3O5S2. The van der Waals surface area contributed by atoms with Crippen molar-refractivity contribution in [2.75, 3.05) is 17.2 Å². The van der Waals surface area contributed by atoms with Gasteiger partial charge in [0.2, 0.25) is 5.91 Å². The van der Waals surface area contributed by atoms with Crippen molar-refractivity contribution in [2.45, 2.75) is 17.1 Å². The van der Waals surface area contributed by atoms with Crippen molar-refractivity contribution >= 4 is 63.6 Å². The number of nitrogens with one attached hydrogen (secondary N) is 3. The van der Waals surface area contributed by atoms with E-state index in [1.165, 1.54) is 23.1 Å². The van der Waals surface area contributed by atoms with Crippen LogP contribution in [0.2, 0.25) is 0 Å². The molecule has 0 aliphatic heterocycles. The quantitative estimate of drug-likeness (QED) is 0.0572. The summed E-state index contributed by atoms with van der Waals surface area (Å²) in [6.45, 7) is 1.93. The fourth-order valence-electron chi connectivity index (χ4n) is 6.26. The summed E-state index contributed by atoms with van der Waals surface area (Å²) in [6.07, 6.45) is 1.64. The van der Waals surface area contributed by atoms with E-state index in [1.54, 1.807) is 55.5 Å². The second kappa shape index (κ2) is 19.4. The van der Waals surface area contributed by atoms with E-state index in [2.05, 4.69) is 16.0 Å². The number of anilines is 2.